The van der Waals surface area contributed by atoms with Gasteiger partial charge in [-0.05, 0) is 68.0 Å². The fraction of sp³-hybridized carbons (Fsp3) is 0.556. The number of rotatable bonds is 7. The summed E-state index contributed by atoms with van der Waals surface area (Å²) in [6.07, 6.45) is -5.38. The topological polar surface area (TPSA) is 87.2 Å². The number of halogens is 3. The van der Waals surface area contributed by atoms with E-state index in [1.165, 1.54) is 4.90 Å². The number of aromatic nitrogens is 1. The summed E-state index contributed by atoms with van der Waals surface area (Å²) < 4.78 is 49.7. The first-order valence-electron chi connectivity index (χ1n) is 12.9. The Morgan fingerprint density at radius 2 is 2.05 bits per heavy atom. The van der Waals surface area contributed by atoms with Gasteiger partial charge in [-0.1, -0.05) is 6.07 Å². The van der Waals surface area contributed by atoms with Crippen LogP contribution in [0.5, 0.6) is 5.88 Å². The standard InChI is InChI=1S/C27H35F3N4O4/c1-17-4-5-22(31-26(36)34-7-6-20(15-34)13-27(28,29)30)12-23(17)21-10-24(33-8-9-37-19(3)14-33)32-25(11-21)38-16-18(2)35/h4-5,10-12,18-20,35H,6-9,13-16H2,1-3H3,(H,31,36)/t18-,19+,20+/m1/s1. The number of aryl methyl sites for hydroxylation is 1. The van der Waals surface area contributed by atoms with Crippen LogP contribution in [0.15, 0.2) is 30.3 Å². The molecule has 2 aliphatic heterocycles. The van der Waals surface area contributed by atoms with Crippen LogP contribution in [0.25, 0.3) is 11.1 Å². The summed E-state index contributed by atoms with van der Waals surface area (Å²) in [7, 11) is 0. The Morgan fingerprint density at radius 1 is 1.26 bits per heavy atom. The highest BCUT2D eigenvalue weighted by atomic mass is 19.4. The van der Waals surface area contributed by atoms with Crippen LogP contribution < -0.4 is 15.0 Å². The van der Waals surface area contributed by atoms with Gasteiger partial charge >= 0.3 is 12.2 Å². The smallest absolute Gasteiger partial charge is 0.389 e. The van der Waals surface area contributed by atoms with Crippen molar-refractivity contribution in [2.45, 2.75) is 52.0 Å². The number of ether oxygens (including phenoxy) is 2. The van der Waals surface area contributed by atoms with Crippen molar-refractivity contribution in [1.29, 1.82) is 0 Å². The molecule has 0 saturated carbocycles. The minimum atomic E-state index is -4.23. The normalized spacial score (nSPS) is 20.9. The SMILES string of the molecule is Cc1ccc(NC(=O)N2CC[C@@H](CC(F)(F)F)C2)cc1-c1cc(OC[C@@H](C)O)nc(N2CCO[C@@H](C)C2)c1. The number of hydrogen-bond donors (Lipinski definition) is 2. The number of nitrogens with zero attached hydrogens (tertiary/aromatic N) is 3. The molecule has 208 valence electrons. The zero-order valence-electron chi connectivity index (χ0n) is 21.9. The molecule has 2 saturated heterocycles. The molecule has 8 nitrogen and oxygen atoms in total. The summed E-state index contributed by atoms with van der Waals surface area (Å²) in [4.78, 5) is 21.0. The molecule has 4 rings (SSSR count). The molecule has 1 aromatic carbocycles. The van der Waals surface area contributed by atoms with E-state index in [2.05, 4.69) is 15.2 Å². The van der Waals surface area contributed by atoms with E-state index in [0.717, 1.165) is 22.5 Å². The third kappa shape index (κ3) is 7.50. The molecule has 0 aliphatic carbocycles. The molecule has 0 radical (unpaired) electrons. The lowest BCUT2D eigenvalue weighted by Gasteiger charge is -2.32. The molecule has 1 aromatic heterocycles. The van der Waals surface area contributed by atoms with Gasteiger partial charge in [0.2, 0.25) is 5.88 Å². The molecule has 2 amide bonds. The van der Waals surface area contributed by atoms with E-state index < -0.39 is 30.7 Å². The lowest BCUT2D eigenvalue weighted by atomic mass is 10.00. The molecule has 11 heteroatoms. The molecule has 2 aromatic rings. The number of morpholine rings is 1. The van der Waals surface area contributed by atoms with Gasteiger partial charge < -0.3 is 29.7 Å². The van der Waals surface area contributed by atoms with E-state index in [4.69, 9.17) is 9.47 Å². The van der Waals surface area contributed by atoms with Gasteiger partial charge in [-0.2, -0.15) is 18.2 Å². The number of anilines is 2. The first-order valence-corrected chi connectivity index (χ1v) is 12.9. The maximum absolute atomic E-state index is 12.8. The predicted octanol–water partition coefficient (Wildman–Crippen LogP) is 4.85. The third-order valence-electron chi connectivity index (χ3n) is 6.72. The first kappa shape index (κ1) is 28.0. The highest BCUT2D eigenvalue weighted by Crippen LogP contribution is 2.33. The van der Waals surface area contributed by atoms with Crippen LogP contribution in [0.1, 0.15) is 32.3 Å². The average Bonchev–Trinajstić information content (AvgIpc) is 3.31. The van der Waals surface area contributed by atoms with Crippen LogP contribution in [-0.4, -0.2) is 78.8 Å². The van der Waals surface area contributed by atoms with Gasteiger partial charge in [0.05, 0.1) is 18.8 Å². The molecule has 0 bridgehead atoms. The Morgan fingerprint density at radius 3 is 2.76 bits per heavy atom. The number of pyridine rings is 1. The fourth-order valence-electron chi connectivity index (χ4n) is 4.84. The number of aliphatic hydroxyl groups excluding tert-OH is 1. The van der Waals surface area contributed by atoms with Crippen molar-refractivity contribution < 1.29 is 32.5 Å². The Hall–Kier alpha value is -3.05. The molecular formula is C27H35F3N4O4. The predicted molar refractivity (Wildman–Crippen MR) is 139 cm³/mol. The maximum atomic E-state index is 12.8. The van der Waals surface area contributed by atoms with Crippen LogP contribution >= 0.6 is 0 Å². The Balaban J connectivity index is 1.55. The molecule has 0 unspecified atom stereocenters. The molecular weight excluding hydrogens is 501 g/mol. The van der Waals surface area contributed by atoms with Crippen molar-refractivity contribution in [1.82, 2.24) is 9.88 Å². The Bertz CT molecular complexity index is 1130. The average molecular weight is 537 g/mol. The Kier molecular flexibility index (Phi) is 8.67. The summed E-state index contributed by atoms with van der Waals surface area (Å²) in [5.41, 5.74) is 3.18. The summed E-state index contributed by atoms with van der Waals surface area (Å²) in [6.45, 7) is 7.99. The summed E-state index contributed by atoms with van der Waals surface area (Å²) >= 11 is 0. The van der Waals surface area contributed by atoms with Gasteiger partial charge in [0, 0.05) is 44.4 Å². The van der Waals surface area contributed by atoms with E-state index >= 15 is 0 Å². The molecule has 38 heavy (non-hydrogen) atoms. The van der Waals surface area contributed by atoms with Crippen molar-refractivity contribution >= 4 is 17.5 Å². The third-order valence-corrected chi connectivity index (χ3v) is 6.72. The van der Waals surface area contributed by atoms with Crippen LogP contribution in [0.4, 0.5) is 29.5 Å². The molecule has 3 atom stereocenters. The fourth-order valence-corrected chi connectivity index (χ4v) is 4.84. The zero-order valence-corrected chi connectivity index (χ0v) is 21.9. The lowest BCUT2D eigenvalue weighted by Crippen LogP contribution is -2.41. The number of likely N-dealkylation sites (tertiary alicyclic amines) is 1. The first-order chi connectivity index (χ1) is 18.0. The van der Waals surface area contributed by atoms with Gasteiger partial charge in [0.25, 0.3) is 0 Å². The van der Waals surface area contributed by atoms with Crippen molar-refractivity contribution in [3.8, 4) is 17.0 Å². The van der Waals surface area contributed by atoms with E-state index in [9.17, 15) is 23.1 Å². The maximum Gasteiger partial charge on any atom is 0.389 e. The van der Waals surface area contributed by atoms with Crippen LogP contribution in [0.3, 0.4) is 0 Å². The second-order valence-electron chi connectivity index (χ2n) is 10.2. The monoisotopic (exact) mass is 536 g/mol. The van der Waals surface area contributed by atoms with E-state index in [0.29, 0.717) is 44.2 Å². The molecule has 2 aliphatic rings. The zero-order chi connectivity index (χ0) is 27.4. The molecule has 2 fully saturated rings. The Labute approximate surface area is 220 Å². The van der Waals surface area contributed by atoms with Crippen molar-refractivity contribution in [3.63, 3.8) is 0 Å². The minimum absolute atomic E-state index is 0.0534. The summed E-state index contributed by atoms with van der Waals surface area (Å²) in [5, 5.41) is 12.5. The number of nitrogens with one attached hydrogen (secondary N) is 1. The lowest BCUT2D eigenvalue weighted by molar-refractivity contribution is -0.143. The number of alkyl halides is 3. The number of amides is 2. The summed E-state index contributed by atoms with van der Waals surface area (Å²) in [5.74, 6) is 0.520. The van der Waals surface area contributed by atoms with Crippen molar-refractivity contribution in [3.05, 3.63) is 35.9 Å². The van der Waals surface area contributed by atoms with Gasteiger partial charge in [0.1, 0.15) is 12.4 Å². The number of carbonyl (C=O) groups excluding carboxylic acids is 1. The number of aliphatic hydroxyl groups is 1. The van der Waals surface area contributed by atoms with Crippen LogP contribution in [0, 0.1) is 12.8 Å². The van der Waals surface area contributed by atoms with Crippen LogP contribution in [-0.2, 0) is 4.74 Å². The highest BCUT2D eigenvalue weighted by molar-refractivity contribution is 5.90. The van der Waals surface area contributed by atoms with Crippen molar-refractivity contribution in [2.75, 3.05) is 49.6 Å². The molecule has 3 heterocycles. The van der Waals surface area contributed by atoms with Gasteiger partial charge in [-0.25, -0.2) is 4.79 Å². The largest absolute Gasteiger partial charge is 0.475 e. The number of hydrogen-bond acceptors (Lipinski definition) is 6. The highest BCUT2D eigenvalue weighted by Gasteiger charge is 2.36. The van der Waals surface area contributed by atoms with E-state index in [1.54, 1.807) is 19.1 Å². The molecule has 0 spiro atoms. The second kappa shape index (κ2) is 11.8. The molecule has 2 N–H and O–H groups in total. The number of urea groups is 1. The summed E-state index contributed by atoms with van der Waals surface area (Å²) in [6, 6.07) is 8.85. The van der Waals surface area contributed by atoms with E-state index in [1.807, 2.05) is 32.0 Å². The van der Waals surface area contributed by atoms with Crippen molar-refractivity contribution in [2.24, 2.45) is 5.92 Å². The number of carbonyl (C=O) groups is 1. The second-order valence-corrected chi connectivity index (χ2v) is 10.2. The van der Waals surface area contributed by atoms with Crippen LogP contribution in [0.2, 0.25) is 0 Å². The van der Waals surface area contributed by atoms with Gasteiger partial charge in [0.15, 0.2) is 0 Å². The number of benzene rings is 1. The van der Waals surface area contributed by atoms with Gasteiger partial charge in [-0.3, -0.25) is 0 Å². The quantitative estimate of drug-likeness (QED) is 0.526. The van der Waals surface area contributed by atoms with E-state index in [-0.39, 0.29) is 19.3 Å². The van der Waals surface area contributed by atoms with Gasteiger partial charge in [-0.15, -0.1) is 0 Å². The minimum Gasteiger partial charge on any atom is -0.475 e.